The number of benzene rings is 1. The van der Waals surface area contributed by atoms with Crippen LogP contribution in [0.15, 0.2) is 33.9 Å². The van der Waals surface area contributed by atoms with E-state index in [2.05, 4.69) is 24.1 Å². The topological polar surface area (TPSA) is 87.1 Å². The van der Waals surface area contributed by atoms with Crippen molar-refractivity contribution in [3.8, 4) is 0 Å². The van der Waals surface area contributed by atoms with Gasteiger partial charge in [0.1, 0.15) is 5.82 Å². The number of nitrogens with one attached hydrogen (secondary N) is 2. The molecular formula is C22H33N3O3. The molecule has 0 spiro atoms. The van der Waals surface area contributed by atoms with Gasteiger partial charge in [0.05, 0.1) is 0 Å². The quantitative estimate of drug-likeness (QED) is 0.483. The van der Waals surface area contributed by atoms with Gasteiger partial charge in [-0.25, -0.2) is 4.79 Å². The molecule has 0 atom stereocenters. The zero-order valence-corrected chi connectivity index (χ0v) is 17.1. The molecule has 0 aliphatic carbocycles. The Morgan fingerprint density at radius 1 is 1.00 bits per heavy atom. The molecule has 6 nitrogen and oxygen atoms in total. The summed E-state index contributed by atoms with van der Waals surface area (Å²) in [7, 11) is 0. The van der Waals surface area contributed by atoms with Crippen LogP contribution >= 0.6 is 0 Å². The second-order valence-corrected chi connectivity index (χ2v) is 7.30. The first-order valence-electron chi connectivity index (χ1n) is 10.4. The minimum absolute atomic E-state index is 0.264. The largest absolute Gasteiger partial charge is 0.396 e. The maximum Gasteiger partial charge on any atom is 0.329 e. The zero-order chi connectivity index (χ0) is 20.4. The molecule has 0 amide bonds. The number of hydrogen-bond acceptors (Lipinski definition) is 4. The number of nitrogens with zero attached hydrogens (tertiary/aromatic N) is 1. The van der Waals surface area contributed by atoms with Gasteiger partial charge in [0.15, 0.2) is 0 Å². The molecule has 6 heteroatoms. The van der Waals surface area contributed by atoms with E-state index in [9.17, 15) is 9.59 Å². The number of H-pyrrole nitrogens is 1. The molecule has 0 saturated carbocycles. The van der Waals surface area contributed by atoms with Crippen LogP contribution in [0.2, 0.25) is 0 Å². The summed E-state index contributed by atoms with van der Waals surface area (Å²) in [6.45, 7) is 4.88. The van der Waals surface area contributed by atoms with E-state index in [4.69, 9.17) is 5.11 Å². The maximum absolute atomic E-state index is 12.3. The number of unbranched alkanes of at least 4 members (excludes halogenated alkanes) is 6. The van der Waals surface area contributed by atoms with E-state index in [1.54, 1.807) is 0 Å². The van der Waals surface area contributed by atoms with Crippen molar-refractivity contribution < 1.29 is 5.11 Å². The lowest BCUT2D eigenvalue weighted by molar-refractivity contribution is 0.282. The number of aliphatic hydroxyl groups excluding tert-OH is 1. The van der Waals surface area contributed by atoms with Gasteiger partial charge in [-0.15, -0.1) is 0 Å². The van der Waals surface area contributed by atoms with Crippen LogP contribution in [0.25, 0.3) is 0 Å². The molecule has 0 radical (unpaired) electrons. The average molecular weight is 388 g/mol. The Kier molecular flexibility index (Phi) is 9.01. The number of aromatic nitrogens is 2. The third kappa shape index (κ3) is 6.68. The SMILES string of the molecule is CCc1cc(Nc2cc(=O)n(CCCCCCCCCO)c(=O)[nH]2)ccc1C. The summed E-state index contributed by atoms with van der Waals surface area (Å²) in [6, 6.07) is 7.46. The highest BCUT2D eigenvalue weighted by molar-refractivity contribution is 5.57. The second-order valence-electron chi connectivity index (χ2n) is 7.30. The summed E-state index contributed by atoms with van der Waals surface area (Å²) in [5.41, 5.74) is 2.66. The smallest absolute Gasteiger partial charge is 0.329 e. The van der Waals surface area contributed by atoms with Crippen molar-refractivity contribution in [3.63, 3.8) is 0 Å². The van der Waals surface area contributed by atoms with Crippen LogP contribution < -0.4 is 16.6 Å². The molecule has 0 fully saturated rings. The lowest BCUT2D eigenvalue weighted by Crippen LogP contribution is -2.35. The molecule has 0 unspecified atom stereocenters. The van der Waals surface area contributed by atoms with E-state index in [0.717, 1.165) is 57.1 Å². The van der Waals surface area contributed by atoms with Crippen molar-refractivity contribution in [3.05, 3.63) is 56.2 Å². The molecule has 28 heavy (non-hydrogen) atoms. The van der Waals surface area contributed by atoms with Gasteiger partial charge >= 0.3 is 5.69 Å². The minimum atomic E-state index is -0.374. The van der Waals surface area contributed by atoms with Gasteiger partial charge in [0, 0.05) is 24.9 Å². The van der Waals surface area contributed by atoms with Crippen molar-refractivity contribution in [1.29, 1.82) is 0 Å². The Labute approximate surface area is 166 Å². The number of aryl methyl sites for hydroxylation is 2. The molecule has 1 heterocycles. The van der Waals surface area contributed by atoms with Gasteiger partial charge in [-0.3, -0.25) is 14.3 Å². The lowest BCUT2D eigenvalue weighted by Gasteiger charge is -2.11. The Morgan fingerprint density at radius 2 is 1.68 bits per heavy atom. The van der Waals surface area contributed by atoms with E-state index in [-0.39, 0.29) is 17.9 Å². The van der Waals surface area contributed by atoms with Crippen LogP contribution in [-0.4, -0.2) is 21.3 Å². The summed E-state index contributed by atoms with van der Waals surface area (Å²) in [5, 5.41) is 11.9. The van der Waals surface area contributed by atoms with E-state index in [0.29, 0.717) is 12.4 Å². The lowest BCUT2D eigenvalue weighted by atomic mass is 10.1. The normalized spacial score (nSPS) is 11.0. The first kappa shape index (κ1) is 22.0. The van der Waals surface area contributed by atoms with E-state index >= 15 is 0 Å². The summed E-state index contributed by atoms with van der Waals surface area (Å²) >= 11 is 0. The minimum Gasteiger partial charge on any atom is -0.396 e. The fourth-order valence-corrected chi connectivity index (χ4v) is 3.35. The Bertz CT molecular complexity index is 824. The van der Waals surface area contributed by atoms with Gasteiger partial charge in [-0.2, -0.15) is 0 Å². The van der Waals surface area contributed by atoms with Crippen LogP contribution in [0, 0.1) is 6.92 Å². The molecule has 2 rings (SSSR count). The van der Waals surface area contributed by atoms with Crippen molar-refractivity contribution in [1.82, 2.24) is 9.55 Å². The fraction of sp³-hybridized carbons (Fsp3) is 0.545. The first-order chi connectivity index (χ1) is 13.5. The van der Waals surface area contributed by atoms with Crippen molar-refractivity contribution in [2.24, 2.45) is 0 Å². The molecule has 0 aliphatic rings. The zero-order valence-electron chi connectivity index (χ0n) is 17.1. The van der Waals surface area contributed by atoms with Crippen LogP contribution in [0.1, 0.15) is 63.0 Å². The van der Waals surface area contributed by atoms with Gasteiger partial charge < -0.3 is 10.4 Å². The highest BCUT2D eigenvalue weighted by atomic mass is 16.3. The molecule has 154 valence electrons. The molecule has 0 saturated heterocycles. The molecule has 1 aromatic heterocycles. The highest BCUT2D eigenvalue weighted by Gasteiger charge is 2.06. The summed E-state index contributed by atoms with van der Waals surface area (Å²) in [6.07, 6.45) is 8.01. The van der Waals surface area contributed by atoms with Gasteiger partial charge in [0.2, 0.25) is 0 Å². The van der Waals surface area contributed by atoms with Gasteiger partial charge in [-0.05, 0) is 49.4 Å². The van der Waals surface area contributed by atoms with Crippen molar-refractivity contribution >= 4 is 11.5 Å². The van der Waals surface area contributed by atoms with E-state index in [1.807, 2.05) is 18.2 Å². The summed E-state index contributed by atoms with van der Waals surface area (Å²) < 4.78 is 1.27. The van der Waals surface area contributed by atoms with Crippen molar-refractivity contribution in [2.45, 2.75) is 71.8 Å². The van der Waals surface area contributed by atoms with E-state index in [1.165, 1.54) is 21.8 Å². The molecular weight excluding hydrogens is 354 g/mol. The third-order valence-corrected chi connectivity index (χ3v) is 5.07. The van der Waals surface area contributed by atoms with Crippen molar-refractivity contribution in [2.75, 3.05) is 11.9 Å². The third-order valence-electron chi connectivity index (χ3n) is 5.07. The van der Waals surface area contributed by atoms with Crippen LogP contribution in [0.4, 0.5) is 11.5 Å². The number of aromatic amines is 1. The number of rotatable bonds is 12. The highest BCUT2D eigenvalue weighted by Crippen LogP contribution is 2.18. The van der Waals surface area contributed by atoms with Gasteiger partial charge in [-0.1, -0.05) is 45.1 Å². The van der Waals surface area contributed by atoms with Gasteiger partial charge in [0.25, 0.3) is 5.56 Å². The fourth-order valence-electron chi connectivity index (χ4n) is 3.35. The van der Waals surface area contributed by atoms with Crippen LogP contribution in [0.5, 0.6) is 0 Å². The Morgan fingerprint density at radius 3 is 2.32 bits per heavy atom. The molecule has 3 N–H and O–H groups in total. The van der Waals surface area contributed by atoms with E-state index < -0.39 is 0 Å². The van der Waals surface area contributed by atoms with Crippen LogP contribution in [-0.2, 0) is 13.0 Å². The standard InChI is InChI=1S/C22H33N3O3/c1-3-18-15-19(12-11-17(18)2)23-20-16-21(27)25(22(28)24-20)13-9-7-5-4-6-8-10-14-26/h11-12,15-16,23,26H,3-10,13-14H2,1-2H3,(H,24,28). The second kappa shape index (κ2) is 11.5. The Hall–Kier alpha value is -2.34. The molecule has 0 bridgehead atoms. The number of hydrogen-bond donors (Lipinski definition) is 3. The summed E-state index contributed by atoms with van der Waals surface area (Å²) in [4.78, 5) is 27.4. The predicted octanol–water partition coefficient (Wildman–Crippen LogP) is 3.87. The maximum atomic E-state index is 12.3. The van der Waals surface area contributed by atoms with Crippen LogP contribution in [0.3, 0.4) is 0 Å². The molecule has 0 aliphatic heterocycles. The predicted molar refractivity (Wildman–Crippen MR) is 115 cm³/mol. The summed E-state index contributed by atoms with van der Waals surface area (Å²) in [5.74, 6) is 0.418. The molecule has 2 aromatic rings. The average Bonchev–Trinajstić information content (AvgIpc) is 2.67. The number of aliphatic hydroxyl groups is 1. The molecule has 1 aromatic carbocycles. The monoisotopic (exact) mass is 387 g/mol. The number of anilines is 2. The Balaban J connectivity index is 1.90. The first-order valence-corrected chi connectivity index (χ1v) is 10.4.